The molecule has 3 heterocycles. The van der Waals surface area contributed by atoms with Gasteiger partial charge in [0.25, 0.3) is 5.78 Å². The molecule has 0 saturated carbocycles. The molecule has 3 aromatic rings. The minimum Gasteiger partial charge on any atom is -0.341 e. The van der Waals surface area contributed by atoms with E-state index in [1.165, 1.54) is 34.9 Å². The topological polar surface area (TPSA) is 63.4 Å². The summed E-state index contributed by atoms with van der Waals surface area (Å²) < 4.78 is 1.82. The van der Waals surface area contributed by atoms with E-state index in [0.717, 1.165) is 30.9 Å². The van der Waals surface area contributed by atoms with E-state index in [-0.39, 0.29) is 5.91 Å². The van der Waals surface area contributed by atoms with Gasteiger partial charge in [0.1, 0.15) is 0 Å². The monoisotopic (exact) mass is 437 g/mol. The Morgan fingerprint density at radius 3 is 2.58 bits per heavy atom. The Balaban J connectivity index is 1.50. The maximum atomic E-state index is 12.7. The number of hydrogen-bond acceptors (Lipinski definition) is 5. The van der Waals surface area contributed by atoms with Gasteiger partial charge in [-0.1, -0.05) is 55.4 Å². The zero-order valence-corrected chi connectivity index (χ0v) is 19.9. The zero-order chi connectivity index (χ0) is 22.1. The predicted molar refractivity (Wildman–Crippen MR) is 124 cm³/mol. The quantitative estimate of drug-likeness (QED) is 0.559. The largest absolute Gasteiger partial charge is 0.341 e. The molecule has 1 amide bonds. The lowest BCUT2D eigenvalue weighted by molar-refractivity contribution is -0.130. The first kappa shape index (κ1) is 21.8. The lowest BCUT2D eigenvalue weighted by Gasteiger charge is -2.34. The normalized spacial score (nSPS) is 19.2. The molecule has 0 radical (unpaired) electrons. The van der Waals surface area contributed by atoms with Gasteiger partial charge in [0, 0.05) is 30.9 Å². The van der Waals surface area contributed by atoms with E-state index < -0.39 is 0 Å². The summed E-state index contributed by atoms with van der Waals surface area (Å²) in [5.41, 5.74) is 5.71. The van der Waals surface area contributed by atoms with Crippen molar-refractivity contribution in [3.05, 3.63) is 52.3 Å². The highest BCUT2D eigenvalue weighted by atomic mass is 32.2. The second kappa shape index (κ2) is 8.99. The molecule has 0 unspecified atom stereocenters. The fourth-order valence-electron chi connectivity index (χ4n) is 4.62. The van der Waals surface area contributed by atoms with Gasteiger partial charge in [-0.3, -0.25) is 4.79 Å². The molecule has 164 valence electrons. The molecule has 1 aliphatic heterocycles. The molecule has 2 atom stereocenters. The molecule has 0 spiro atoms. The van der Waals surface area contributed by atoms with Crippen molar-refractivity contribution < 1.29 is 4.79 Å². The van der Waals surface area contributed by atoms with Crippen LogP contribution in [0.5, 0.6) is 0 Å². The van der Waals surface area contributed by atoms with E-state index in [1.54, 1.807) is 0 Å². The van der Waals surface area contributed by atoms with Gasteiger partial charge in [0.2, 0.25) is 11.1 Å². The molecule has 0 aliphatic carbocycles. The molecule has 1 saturated heterocycles. The summed E-state index contributed by atoms with van der Waals surface area (Å²) >= 11 is 1.40. The van der Waals surface area contributed by atoms with Crippen LogP contribution >= 0.6 is 11.8 Å². The molecule has 7 heteroatoms. The van der Waals surface area contributed by atoms with E-state index in [2.05, 4.69) is 62.0 Å². The van der Waals surface area contributed by atoms with Gasteiger partial charge in [0.15, 0.2) is 0 Å². The maximum absolute atomic E-state index is 12.7. The Morgan fingerprint density at radius 2 is 1.87 bits per heavy atom. The Bertz CT molecular complexity index is 1100. The third kappa shape index (κ3) is 4.92. The van der Waals surface area contributed by atoms with Crippen LogP contribution in [0.1, 0.15) is 48.3 Å². The van der Waals surface area contributed by atoms with Crippen LogP contribution in [0.3, 0.4) is 0 Å². The van der Waals surface area contributed by atoms with Crippen molar-refractivity contribution in [3.63, 3.8) is 0 Å². The number of fused-ring (bicyclic) bond motifs is 1. The van der Waals surface area contributed by atoms with Crippen molar-refractivity contribution in [2.45, 2.75) is 52.6 Å². The smallest absolute Gasteiger partial charge is 0.253 e. The number of aromatic nitrogens is 4. The number of carbonyl (C=O) groups excluding carboxylic acids is 1. The standard InChI is InChI=1S/C24H31N5OS/c1-15-7-6-8-20(10-15)11-21-18(4)25-23-26-24(27-29(23)19(21)5)31-14-22(30)28-12-16(2)9-17(3)13-28/h6-8,10,16-17H,9,11-14H2,1-5H3/t16-,17+. The fraction of sp³-hybridized carbons (Fsp3) is 0.500. The van der Waals surface area contributed by atoms with E-state index in [9.17, 15) is 4.79 Å². The van der Waals surface area contributed by atoms with Crippen LogP contribution in [0.2, 0.25) is 0 Å². The van der Waals surface area contributed by atoms with Crippen molar-refractivity contribution in [1.29, 1.82) is 0 Å². The number of piperidine rings is 1. The van der Waals surface area contributed by atoms with Gasteiger partial charge in [-0.25, -0.2) is 9.50 Å². The van der Waals surface area contributed by atoms with Gasteiger partial charge in [-0.15, -0.1) is 5.10 Å². The highest BCUT2D eigenvalue weighted by Gasteiger charge is 2.25. The van der Waals surface area contributed by atoms with Crippen LogP contribution in [-0.2, 0) is 11.2 Å². The number of carbonyl (C=O) groups is 1. The Hall–Kier alpha value is -2.41. The van der Waals surface area contributed by atoms with E-state index in [4.69, 9.17) is 4.98 Å². The molecular formula is C24H31N5OS. The van der Waals surface area contributed by atoms with Crippen LogP contribution in [0.25, 0.3) is 5.78 Å². The second-order valence-electron chi connectivity index (χ2n) is 9.07. The zero-order valence-electron chi connectivity index (χ0n) is 19.1. The first-order chi connectivity index (χ1) is 14.8. The van der Waals surface area contributed by atoms with Gasteiger partial charge in [0.05, 0.1) is 5.75 Å². The summed E-state index contributed by atoms with van der Waals surface area (Å²) in [7, 11) is 0. The third-order valence-electron chi connectivity index (χ3n) is 6.04. The first-order valence-electron chi connectivity index (χ1n) is 11.0. The first-order valence-corrected chi connectivity index (χ1v) is 12.0. The minimum atomic E-state index is 0.170. The summed E-state index contributed by atoms with van der Waals surface area (Å²) in [6.45, 7) is 12.3. The highest BCUT2D eigenvalue weighted by Crippen LogP contribution is 2.24. The minimum absolute atomic E-state index is 0.170. The van der Waals surface area contributed by atoms with Gasteiger partial charge < -0.3 is 4.90 Å². The van der Waals surface area contributed by atoms with Crippen molar-refractivity contribution >= 4 is 23.4 Å². The average molecular weight is 438 g/mol. The number of nitrogens with zero attached hydrogens (tertiary/aromatic N) is 5. The number of amides is 1. The fourth-order valence-corrected chi connectivity index (χ4v) is 5.34. The third-order valence-corrected chi connectivity index (χ3v) is 6.86. The Labute approximate surface area is 188 Å². The summed E-state index contributed by atoms with van der Waals surface area (Å²) in [5.74, 6) is 2.26. The number of likely N-dealkylation sites (tertiary alicyclic amines) is 1. The molecule has 4 rings (SSSR count). The van der Waals surface area contributed by atoms with Crippen molar-refractivity contribution in [2.24, 2.45) is 11.8 Å². The lowest BCUT2D eigenvalue weighted by Crippen LogP contribution is -2.43. The second-order valence-corrected chi connectivity index (χ2v) is 10.0. The lowest BCUT2D eigenvalue weighted by atomic mass is 9.92. The molecule has 1 aliphatic rings. The molecule has 1 aromatic carbocycles. The molecule has 0 bridgehead atoms. The molecular weight excluding hydrogens is 406 g/mol. The van der Waals surface area contributed by atoms with Gasteiger partial charge in [-0.2, -0.15) is 4.98 Å². The molecule has 31 heavy (non-hydrogen) atoms. The van der Waals surface area contributed by atoms with Crippen LogP contribution in [0, 0.1) is 32.6 Å². The molecule has 6 nitrogen and oxygen atoms in total. The number of thioether (sulfide) groups is 1. The van der Waals surface area contributed by atoms with Crippen LogP contribution < -0.4 is 0 Å². The molecule has 0 N–H and O–H groups in total. The van der Waals surface area contributed by atoms with Crippen LogP contribution in [-0.4, -0.2) is 49.2 Å². The van der Waals surface area contributed by atoms with Crippen LogP contribution in [0.15, 0.2) is 29.4 Å². The SMILES string of the molecule is Cc1cccc(Cc2c(C)nc3nc(SCC(=O)N4C[C@H](C)C[C@H](C)C4)nn3c2C)c1. The van der Waals surface area contributed by atoms with Gasteiger partial charge in [-0.05, 0) is 50.2 Å². The highest BCUT2D eigenvalue weighted by molar-refractivity contribution is 7.99. The van der Waals surface area contributed by atoms with E-state index >= 15 is 0 Å². The predicted octanol–water partition coefficient (Wildman–Crippen LogP) is 4.24. The number of aryl methyl sites for hydroxylation is 3. The van der Waals surface area contributed by atoms with E-state index in [1.807, 2.05) is 16.3 Å². The number of rotatable bonds is 5. The average Bonchev–Trinajstić information content (AvgIpc) is 3.11. The summed E-state index contributed by atoms with van der Waals surface area (Å²) in [6.07, 6.45) is 2.01. The Kier molecular flexibility index (Phi) is 6.32. The van der Waals surface area contributed by atoms with Crippen molar-refractivity contribution in [3.8, 4) is 0 Å². The van der Waals surface area contributed by atoms with E-state index in [0.29, 0.717) is 28.5 Å². The van der Waals surface area contributed by atoms with Crippen molar-refractivity contribution in [1.82, 2.24) is 24.5 Å². The van der Waals surface area contributed by atoms with Crippen molar-refractivity contribution in [2.75, 3.05) is 18.8 Å². The summed E-state index contributed by atoms with van der Waals surface area (Å²) in [6, 6.07) is 8.55. The summed E-state index contributed by atoms with van der Waals surface area (Å²) in [5, 5.41) is 5.26. The Morgan fingerprint density at radius 1 is 1.13 bits per heavy atom. The summed E-state index contributed by atoms with van der Waals surface area (Å²) in [4.78, 5) is 24.0. The number of hydrogen-bond donors (Lipinski definition) is 0. The number of benzene rings is 1. The molecule has 1 fully saturated rings. The maximum Gasteiger partial charge on any atom is 0.253 e. The van der Waals surface area contributed by atoms with Crippen LogP contribution in [0.4, 0.5) is 0 Å². The molecule has 2 aromatic heterocycles. The van der Waals surface area contributed by atoms with Gasteiger partial charge >= 0.3 is 0 Å².